The van der Waals surface area contributed by atoms with E-state index in [1.165, 1.54) is 36.8 Å². The molecule has 2 unspecified atom stereocenters. The van der Waals surface area contributed by atoms with Crippen molar-refractivity contribution in [3.8, 4) is 0 Å². The van der Waals surface area contributed by atoms with Crippen LogP contribution in [0.2, 0.25) is 10.0 Å². The summed E-state index contributed by atoms with van der Waals surface area (Å²) < 4.78 is 5.50. The molecule has 0 radical (unpaired) electrons. The van der Waals surface area contributed by atoms with Gasteiger partial charge < -0.3 is 9.64 Å². The van der Waals surface area contributed by atoms with E-state index in [1.54, 1.807) is 0 Å². The average molecular weight is 424 g/mol. The fourth-order valence-electron chi connectivity index (χ4n) is 5.31. The monoisotopic (exact) mass is 423 g/mol. The molecule has 1 saturated heterocycles. The van der Waals surface area contributed by atoms with Crippen LogP contribution in [0.4, 0.5) is 4.79 Å². The van der Waals surface area contributed by atoms with Crippen molar-refractivity contribution < 1.29 is 9.53 Å². The second-order valence-electron chi connectivity index (χ2n) is 9.97. The maximum Gasteiger partial charge on any atom is 0.410 e. The molecule has 1 amide bonds. The minimum atomic E-state index is -0.418. The van der Waals surface area contributed by atoms with Crippen LogP contribution in [0.25, 0.3) is 0 Å². The molecule has 2 aliphatic carbocycles. The number of likely N-dealkylation sites (tertiary alicyclic amines) is 1. The summed E-state index contributed by atoms with van der Waals surface area (Å²) in [6, 6.07) is 4.21. The third-order valence-corrected chi connectivity index (χ3v) is 7.67. The normalized spacial score (nSPS) is 27.2. The molecule has 1 aromatic carbocycles. The van der Waals surface area contributed by atoms with Gasteiger partial charge in [-0.25, -0.2) is 4.79 Å². The molecule has 0 bridgehead atoms. The maximum atomic E-state index is 12.2. The SMILES string of the molecule is CC(C)(C)OC(=O)N1CCC(CCC2CC23CCc2cc(Cl)c(Cl)cc23)CC1. The van der Waals surface area contributed by atoms with Gasteiger partial charge in [-0.3, -0.25) is 0 Å². The molecule has 1 heterocycles. The number of halogens is 2. The van der Waals surface area contributed by atoms with Gasteiger partial charge in [0.05, 0.1) is 10.0 Å². The van der Waals surface area contributed by atoms with Crippen LogP contribution in [0.15, 0.2) is 12.1 Å². The Morgan fingerprint density at radius 3 is 2.54 bits per heavy atom. The minimum absolute atomic E-state index is 0.162. The van der Waals surface area contributed by atoms with Gasteiger partial charge in [-0.05, 0) is 99.8 Å². The lowest BCUT2D eigenvalue weighted by atomic mass is 9.88. The number of rotatable bonds is 3. The van der Waals surface area contributed by atoms with Gasteiger partial charge in [-0.15, -0.1) is 0 Å². The minimum Gasteiger partial charge on any atom is -0.444 e. The molecule has 1 spiro atoms. The number of carbonyl (C=O) groups is 1. The van der Waals surface area contributed by atoms with Crippen molar-refractivity contribution >= 4 is 29.3 Å². The first-order valence-electron chi connectivity index (χ1n) is 10.6. The van der Waals surface area contributed by atoms with Crippen LogP contribution in [0, 0.1) is 11.8 Å². The van der Waals surface area contributed by atoms with Crippen LogP contribution < -0.4 is 0 Å². The third-order valence-electron chi connectivity index (χ3n) is 6.94. The Labute approximate surface area is 178 Å². The second kappa shape index (κ2) is 7.40. The summed E-state index contributed by atoms with van der Waals surface area (Å²) in [5, 5.41) is 1.38. The summed E-state index contributed by atoms with van der Waals surface area (Å²) >= 11 is 12.5. The first kappa shape index (κ1) is 20.3. The third kappa shape index (κ3) is 4.03. The summed E-state index contributed by atoms with van der Waals surface area (Å²) in [6.07, 6.45) is 8.27. The standard InChI is InChI=1S/C23H31Cl2NO2/c1-22(2,3)28-21(27)26-10-7-15(8-11-26)4-5-17-14-23(17)9-6-16-12-19(24)20(25)13-18(16)23/h12-13,15,17H,4-11,14H2,1-3H3. The highest BCUT2D eigenvalue weighted by Crippen LogP contribution is 2.64. The van der Waals surface area contributed by atoms with Crippen LogP contribution in [0.5, 0.6) is 0 Å². The highest BCUT2D eigenvalue weighted by molar-refractivity contribution is 6.42. The van der Waals surface area contributed by atoms with Gasteiger partial charge in [0.25, 0.3) is 0 Å². The van der Waals surface area contributed by atoms with E-state index in [0.29, 0.717) is 15.5 Å². The van der Waals surface area contributed by atoms with E-state index in [2.05, 4.69) is 12.1 Å². The first-order chi connectivity index (χ1) is 13.2. The van der Waals surface area contributed by atoms with Gasteiger partial charge in [-0.2, -0.15) is 0 Å². The van der Waals surface area contributed by atoms with Crippen molar-refractivity contribution in [3.63, 3.8) is 0 Å². The molecule has 154 valence electrons. The fourth-order valence-corrected chi connectivity index (χ4v) is 5.66. The van der Waals surface area contributed by atoms with Gasteiger partial charge in [0.1, 0.15) is 5.60 Å². The maximum absolute atomic E-state index is 12.2. The largest absolute Gasteiger partial charge is 0.444 e. The van der Waals surface area contributed by atoms with Crippen LogP contribution in [0.3, 0.4) is 0 Å². The summed E-state index contributed by atoms with van der Waals surface area (Å²) in [4.78, 5) is 14.1. The lowest BCUT2D eigenvalue weighted by molar-refractivity contribution is 0.0180. The Morgan fingerprint density at radius 1 is 1.18 bits per heavy atom. The van der Waals surface area contributed by atoms with Crippen molar-refractivity contribution in [3.05, 3.63) is 33.3 Å². The first-order valence-corrected chi connectivity index (χ1v) is 11.4. The lowest BCUT2D eigenvalue weighted by Gasteiger charge is -2.33. The molecule has 4 rings (SSSR count). The van der Waals surface area contributed by atoms with Crippen molar-refractivity contribution in [1.29, 1.82) is 0 Å². The molecule has 1 saturated carbocycles. The average Bonchev–Trinajstić information content (AvgIpc) is 3.23. The van der Waals surface area contributed by atoms with E-state index in [0.717, 1.165) is 44.2 Å². The van der Waals surface area contributed by atoms with Gasteiger partial charge >= 0.3 is 6.09 Å². The molecule has 3 nitrogen and oxygen atoms in total. The second-order valence-corrected chi connectivity index (χ2v) is 10.8. The molecule has 5 heteroatoms. The number of fused-ring (bicyclic) bond motifs is 2. The molecule has 1 aliphatic heterocycles. The van der Waals surface area contributed by atoms with E-state index < -0.39 is 5.60 Å². The molecule has 3 aliphatic rings. The Kier molecular flexibility index (Phi) is 5.37. The quantitative estimate of drug-likeness (QED) is 0.545. The lowest BCUT2D eigenvalue weighted by Crippen LogP contribution is -2.41. The number of ether oxygens (including phenoxy) is 1. The Balaban J connectivity index is 1.26. The zero-order chi connectivity index (χ0) is 20.1. The summed E-state index contributed by atoms with van der Waals surface area (Å²) in [7, 11) is 0. The van der Waals surface area contributed by atoms with Crippen molar-refractivity contribution in [2.45, 2.75) is 76.7 Å². The van der Waals surface area contributed by atoms with Gasteiger partial charge in [0, 0.05) is 13.1 Å². The number of carbonyl (C=O) groups excluding carboxylic acids is 1. The molecule has 2 fully saturated rings. The number of amides is 1. The predicted molar refractivity (Wildman–Crippen MR) is 114 cm³/mol. The Hall–Kier alpha value is -0.930. The molecular weight excluding hydrogens is 393 g/mol. The van der Waals surface area contributed by atoms with Crippen molar-refractivity contribution in [2.75, 3.05) is 13.1 Å². The highest BCUT2D eigenvalue weighted by Gasteiger charge is 2.57. The Morgan fingerprint density at radius 2 is 1.86 bits per heavy atom. The molecule has 28 heavy (non-hydrogen) atoms. The van der Waals surface area contributed by atoms with Crippen LogP contribution in [0.1, 0.15) is 70.4 Å². The van der Waals surface area contributed by atoms with E-state index in [1.807, 2.05) is 25.7 Å². The number of hydrogen-bond donors (Lipinski definition) is 0. The zero-order valence-corrected chi connectivity index (χ0v) is 18.7. The number of aryl methyl sites for hydroxylation is 1. The van der Waals surface area contributed by atoms with E-state index >= 15 is 0 Å². The fraction of sp³-hybridized carbons (Fsp3) is 0.696. The van der Waals surface area contributed by atoms with Crippen LogP contribution >= 0.6 is 23.2 Å². The Bertz CT molecular complexity index is 765. The number of hydrogen-bond acceptors (Lipinski definition) is 2. The van der Waals surface area contributed by atoms with Crippen LogP contribution in [-0.2, 0) is 16.6 Å². The van der Waals surface area contributed by atoms with Gasteiger partial charge in [-0.1, -0.05) is 29.6 Å². The summed E-state index contributed by atoms with van der Waals surface area (Å²) in [5.41, 5.74) is 2.83. The van der Waals surface area contributed by atoms with Crippen molar-refractivity contribution in [2.24, 2.45) is 11.8 Å². The zero-order valence-electron chi connectivity index (χ0n) is 17.2. The van der Waals surface area contributed by atoms with Gasteiger partial charge in [0.15, 0.2) is 0 Å². The molecule has 1 aromatic rings. The topological polar surface area (TPSA) is 29.5 Å². The molecular formula is C23H31Cl2NO2. The summed E-state index contributed by atoms with van der Waals surface area (Å²) in [6.45, 7) is 7.42. The van der Waals surface area contributed by atoms with E-state index in [9.17, 15) is 4.79 Å². The summed E-state index contributed by atoms with van der Waals surface area (Å²) in [5.74, 6) is 1.51. The number of benzene rings is 1. The van der Waals surface area contributed by atoms with E-state index in [4.69, 9.17) is 27.9 Å². The smallest absolute Gasteiger partial charge is 0.410 e. The highest BCUT2D eigenvalue weighted by atomic mass is 35.5. The molecule has 2 atom stereocenters. The van der Waals surface area contributed by atoms with Crippen LogP contribution in [-0.4, -0.2) is 29.7 Å². The number of nitrogens with zero attached hydrogens (tertiary/aromatic N) is 1. The van der Waals surface area contributed by atoms with Crippen molar-refractivity contribution in [1.82, 2.24) is 4.90 Å². The molecule has 0 aromatic heterocycles. The van der Waals surface area contributed by atoms with Gasteiger partial charge in [0.2, 0.25) is 0 Å². The predicted octanol–water partition coefficient (Wildman–Crippen LogP) is 6.62. The number of piperidine rings is 1. The molecule has 0 N–H and O–H groups in total. The van der Waals surface area contributed by atoms with E-state index in [-0.39, 0.29) is 6.09 Å².